The van der Waals surface area contributed by atoms with Gasteiger partial charge in [0.15, 0.2) is 0 Å². The van der Waals surface area contributed by atoms with Gasteiger partial charge in [-0.2, -0.15) is 0 Å². The van der Waals surface area contributed by atoms with Gasteiger partial charge >= 0.3 is 6.03 Å². The fourth-order valence-electron chi connectivity index (χ4n) is 3.89. The molecule has 3 amide bonds. The minimum atomic E-state index is -2.24. The summed E-state index contributed by atoms with van der Waals surface area (Å²) in [6.07, 6.45) is 0.832. The number of carbonyl (C=O) groups is 2. The number of hydrogen-bond acceptors (Lipinski definition) is 4. The Morgan fingerprint density at radius 3 is 2.47 bits per heavy atom. The van der Waals surface area contributed by atoms with E-state index in [1.54, 1.807) is 49.6 Å². The van der Waals surface area contributed by atoms with Gasteiger partial charge in [0.1, 0.15) is 5.75 Å². The molecule has 0 spiro atoms. The zero-order valence-electron chi connectivity index (χ0n) is 18.0. The summed E-state index contributed by atoms with van der Waals surface area (Å²) in [5.74, 6) is -0.0983. The number of hydrogen-bond donors (Lipinski definition) is 3. The number of aliphatic hydroxyl groups is 1. The molecule has 0 bridgehead atoms. The molecule has 4 rings (SSSR count). The molecule has 7 heteroatoms. The molecule has 0 saturated heterocycles. The van der Waals surface area contributed by atoms with E-state index in [0.717, 1.165) is 22.4 Å². The second-order valence-electron chi connectivity index (χ2n) is 7.50. The number of fused-ring (bicyclic) bond motifs is 1. The summed E-state index contributed by atoms with van der Waals surface area (Å²) in [4.78, 5) is 27.6. The van der Waals surface area contributed by atoms with Crippen LogP contribution in [-0.4, -0.2) is 24.2 Å². The monoisotopic (exact) mass is 431 g/mol. The number of rotatable bonds is 6. The average molecular weight is 431 g/mol. The van der Waals surface area contributed by atoms with Gasteiger partial charge in [-0.3, -0.25) is 9.69 Å². The highest BCUT2D eigenvalue weighted by Gasteiger charge is 2.51. The van der Waals surface area contributed by atoms with Crippen molar-refractivity contribution in [1.82, 2.24) is 5.32 Å². The number of urea groups is 1. The van der Waals surface area contributed by atoms with E-state index in [9.17, 15) is 14.7 Å². The number of para-hydroxylation sites is 2. The lowest BCUT2D eigenvalue weighted by Crippen LogP contribution is -2.62. The molecule has 0 radical (unpaired) electrons. The molecule has 0 saturated carbocycles. The highest BCUT2D eigenvalue weighted by Crippen LogP contribution is 2.39. The standard InChI is InChI=1S/C25H25N3O4/c1-3-17-12-14-19(15-13-17)28-24(30)27-21-10-6-5-9-20(21)25(28,31)23(29)26-16-18-8-4-7-11-22(18)32-2/h4-15,31H,3,16H2,1-2H3,(H,26,29)(H,27,30)/t25-/m1/s1. The average Bonchev–Trinajstić information content (AvgIpc) is 2.83. The van der Waals surface area contributed by atoms with Gasteiger partial charge in [-0.05, 0) is 36.2 Å². The lowest BCUT2D eigenvalue weighted by molar-refractivity contribution is -0.140. The maximum absolute atomic E-state index is 13.5. The van der Waals surface area contributed by atoms with Crippen molar-refractivity contribution in [3.8, 4) is 5.75 Å². The Morgan fingerprint density at radius 2 is 1.75 bits per heavy atom. The Morgan fingerprint density at radius 1 is 1.06 bits per heavy atom. The van der Waals surface area contributed by atoms with Crippen molar-refractivity contribution < 1.29 is 19.4 Å². The molecule has 0 fully saturated rings. The molecule has 1 aliphatic rings. The summed E-state index contributed by atoms with van der Waals surface area (Å²) in [7, 11) is 1.55. The summed E-state index contributed by atoms with van der Waals surface area (Å²) >= 11 is 0. The van der Waals surface area contributed by atoms with Crippen molar-refractivity contribution in [2.24, 2.45) is 0 Å². The number of nitrogens with zero attached hydrogens (tertiary/aromatic N) is 1. The summed E-state index contributed by atoms with van der Waals surface area (Å²) in [5, 5.41) is 17.4. The molecule has 7 nitrogen and oxygen atoms in total. The van der Waals surface area contributed by atoms with Gasteiger partial charge in [0.2, 0.25) is 0 Å². The highest BCUT2D eigenvalue weighted by atomic mass is 16.5. The second-order valence-corrected chi connectivity index (χ2v) is 7.50. The number of anilines is 2. The van der Waals surface area contributed by atoms with Gasteiger partial charge in [0.25, 0.3) is 11.6 Å². The van der Waals surface area contributed by atoms with Crippen molar-refractivity contribution in [3.05, 3.63) is 89.5 Å². The molecule has 0 aliphatic carbocycles. The first kappa shape index (κ1) is 21.4. The fraction of sp³-hybridized carbons (Fsp3) is 0.200. The van der Waals surface area contributed by atoms with Crippen molar-refractivity contribution in [1.29, 1.82) is 0 Å². The van der Waals surface area contributed by atoms with Gasteiger partial charge in [0.05, 0.1) is 12.8 Å². The molecular weight excluding hydrogens is 406 g/mol. The van der Waals surface area contributed by atoms with Crippen LogP contribution in [0.4, 0.5) is 16.2 Å². The number of benzene rings is 3. The number of methoxy groups -OCH3 is 1. The molecule has 32 heavy (non-hydrogen) atoms. The molecule has 1 heterocycles. The van der Waals surface area contributed by atoms with Crippen LogP contribution in [0.5, 0.6) is 5.75 Å². The Labute approximate surface area is 186 Å². The van der Waals surface area contributed by atoms with Crippen LogP contribution >= 0.6 is 0 Å². The van der Waals surface area contributed by atoms with Crippen LogP contribution in [0, 0.1) is 0 Å². The molecule has 164 valence electrons. The predicted octanol–water partition coefficient (Wildman–Crippen LogP) is 3.77. The minimum absolute atomic E-state index is 0.123. The zero-order valence-corrected chi connectivity index (χ0v) is 18.0. The van der Waals surface area contributed by atoms with E-state index in [2.05, 4.69) is 10.6 Å². The third-order valence-electron chi connectivity index (χ3n) is 5.62. The van der Waals surface area contributed by atoms with Gasteiger partial charge < -0.3 is 20.5 Å². The number of ether oxygens (including phenoxy) is 1. The van der Waals surface area contributed by atoms with Gasteiger partial charge in [-0.1, -0.05) is 55.5 Å². The summed E-state index contributed by atoms with van der Waals surface area (Å²) in [6, 6.07) is 20.6. The van der Waals surface area contributed by atoms with Gasteiger partial charge in [0, 0.05) is 23.4 Å². The van der Waals surface area contributed by atoms with Gasteiger partial charge in [-0.25, -0.2) is 4.79 Å². The predicted molar refractivity (Wildman–Crippen MR) is 122 cm³/mol. The van der Waals surface area contributed by atoms with Crippen molar-refractivity contribution >= 4 is 23.3 Å². The summed E-state index contributed by atoms with van der Waals surface area (Å²) in [6.45, 7) is 2.15. The molecule has 1 atom stereocenters. The Balaban J connectivity index is 1.74. The number of amides is 3. The quantitative estimate of drug-likeness (QED) is 0.554. The van der Waals surface area contributed by atoms with Crippen LogP contribution in [0.1, 0.15) is 23.6 Å². The first-order chi connectivity index (χ1) is 15.5. The first-order valence-electron chi connectivity index (χ1n) is 10.4. The highest BCUT2D eigenvalue weighted by molar-refractivity contribution is 6.11. The van der Waals surface area contributed by atoms with E-state index < -0.39 is 17.7 Å². The van der Waals surface area contributed by atoms with Crippen molar-refractivity contribution in [3.63, 3.8) is 0 Å². The fourth-order valence-corrected chi connectivity index (χ4v) is 3.89. The van der Waals surface area contributed by atoms with Crippen LogP contribution in [0.2, 0.25) is 0 Å². The third kappa shape index (κ3) is 3.67. The zero-order chi connectivity index (χ0) is 22.7. The molecule has 0 aromatic heterocycles. The Kier molecular flexibility index (Phi) is 5.83. The SMILES string of the molecule is CCc1ccc(N2C(=O)Nc3ccccc3[C@@]2(O)C(=O)NCc2ccccc2OC)cc1. The molecule has 3 aromatic rings. The lowest BCUT2D eigenvalue weighted by Gasteiger charge is -2.42. The van der Waals surface area contributed by atoms with E-state index in [-0.39, 0.29) is 12.1 Å². The van der Waals surface area contributed by atoms with Crippen LogP contribution in [0.25, 0.3) is 0 Å². The Hall–Kier alpha value is -3.84. The van der Waals surface area contributed by atoms with Gasteiger partial charge in [-0.15, -0.1) is 0 Å². The molecular formula is C25H25N3O4. The second kappa shape index (κ2) is 8.72. The number of aryl methyl sites for hydroxylation is 1. The normalized spacial score (nSPS) is 17.3. The Bertz CT molecular complexity index is 1150. The van der Waals surface area contributed by atoms with Crippen LogP contribution in [0.3, 0.4) is 0 Å². The van der Waals surface area contributed by atoms with E-state index in [1.807, 2.05) is 37.3 Å². The van der Waals surface area contributed by atoms with E-state index in [0.29, 0.717) is 17.1 Å². The van der Waals surface area contributed by atoms with E-state index >= 15 is 0 Å². The van der Waals surface area contributed by atoms with E-state index in [4.69, 9.17) is 4.74 Å². The molecule has 3 aromatic carbocycles. The van der Waals surface area contributed by atoms with Crippen LogP contribution in [0.15, 0.2) is 72.8 Å². The number of carbonyl (C=O) groups excluding carboxylic acids is 2. The minimum Gasteiger partial charge on any atom is -0.496 e. The first-order valence-corrected chi connectivity index (χ1v) is 10.4. The van der Waals surface area contributed by atoms with Crippen LogP contribution < -0.4 is 20.3 Å². The maximum Gasteiger partial charge on any atom is 0.329 e. The third-order valence-corrected chi connectivity index (χ3v) is 5.62. The molecule has 1 aliphatic heterocycles. The number of nitrogens with one attached hydrogen (secondary N) is 2. The lowest BCUT2D eigenvalue weighted by atomic mass is 9.94. The smallest absolute Gasteiger partial charge is 0.329 e. The van der Waals surface area contributed by atoms with Crippen molar-refractivity contribution in [2.45, 2.75) is 25.6 Å². The van der Waals surface area contributed by atoms with Crippen LogP contribution in [-0.2, 0) is 23.5 Å². The summed E-state index contributed by atoms with van der Waals surface area (Å²) < 4.78 is 5.35. The molecule has 3 N–H and O–H groups in total. The van der Waals surface area contributed by atoms with Crippen molar-refractivity contribution in [2.75, 3.05) is 17.3 Å². The molecule has 0 unspecified atom stereocenters. The maximum atomic E-state index is 13.5. The summed E-state index contributed by atoms with van der Waals surface area (Å²) in [5.41, 5.74) is 0.666. The largest absolute Gasteiger partial charge is 0.496 e. The van der Waals surface area contributed by atoms with E-state index in [1.165, 1.54) is 0 Å². The topological polar surface area (TPSA) is 90.9 Å².